The quantitative estimate of drug-likeness (QED) is 0.894. The van der Waals surface area contributed by atoms with Crippen molar-refractivity contribution in [2.24, 2.45) is 0 Å². The SMILES string of the molecule is O=C(Cc1cccs1)Nc1cc(F)ccc1F. The molecule has 2 aromatic rings. The molecule has 0 aliphatic rings. The predicted octanol–water partition coefficient (Wildman–Crippen LogP) is 3.21. The summed E-state index contributed by atoms with van der Waals surface area (Å²) in [5.41, 5.74) is -0.133. The van der Waals surface area contributed by atoms with Crippen molar-refractivity contribution in [3.63, 3.8) is 0 Å². The van der Waals surface area contributed by atoms with Crippen LogP contribution >= 0.6 is 11.3 Å². The van der Waals surface area contributed by atoms with Crippen LogP contribution in [0, 0.1) is 11.6 Å². The average Bonchev–Trinajstić information content (AvgIpc) is 2.76. The fraction of sp³-hybridized carbons (Fsp3) is 0.0833. The van der Waals surface area contributed by atoms with Gasteiger partial charge in [0.2, 0.25) is 5.91 Å². The van der Waals surface area contributed by atoms with Crippen LogP contribution in [0.3, 0.4) is 0 Å². The maximum absolute atomic E-state index is 13.2. The van der Waals surface area contributed by atoms with E-state index in [1.165, 1.54) is 11.3 Å². The number of carbonyl (C=O) groups is 1. The molecule has 0 spiro atoms. The molecule has 5 heteroatoms. The van der Waals surface area contributed by atoms with Gasteiger partial charge >= 0.3 is 0 Å². The first-order chi connectivity index (χ1) is 8.15. The first-order valence-electron chi connectivity index (χ1n) is 4.92. The Morgan fingerprint density at radius 1 is 1.29 bits per heavy atom. The summed E-state index contributed by atoms with van der Waals surface area (Å²) in [6.45, 7) is 0. The molecule has 0 saturated carbocycles. The summed E-state index contributed by atoms with van der Waals surface area (Å²) in [4.78, 5) is 12.4. The van der Waals surface area contributed by atoms with E-state index in [4.69, 9.17) is 0 Å². The Hall–Kier alpha value is -1.75. The van der Waals surface area contributed by atoms with Crippen LogP contribution in [0.1, 0.15) is 4.88 Å². The number of rotatable bonds is 3. The van der Waals surface area contributed by atoms with Crippen molar-refractivity contribution >= 4 is 22.9 Å². The lowest BCUT2D eigenvalue weighted by atomic mass is 10.2. The van der Waals surface area contributed by atoms with Gasteiger partial charge in [-0.15, -0.1) is 11.3 Å². The third-order valence-electron chi connectivity index (χ3n) is 2.12. The van der Waals surface area contributed by atoms with E-state index in [-0.39, 0.29) is 18.0 Å². The summed E-state index contributed by atoms with van der Waals surface area (Å²) in [5.74, 6) is -1.60. The molecule has 2 nitrogen and oxygen atoms in total. The molecule has 0 unspecified atom stereocenters. The minimum Gasteiger partial charge on any atom is -0.323 e. The van der Waals surface area contributed by atoms with E-state index in [1.807, 2.05) is 17.5 Å². The number of halogens is 2. The van der Waals surface area contributed by atoms with E-state index < -0.39 is 11.6 Å². The van der Waals surface area contributed by atoms with Gasteiger partial charge in [0.1, 0.15) is 11.6 Å². The van der Waals surface area contributed by atoms with Gasteiger partial charge in [-0.05, 0) is 23.6 Å². The maximum Gasteiger partial charge on any atom is 0.229 e. The van der Waals surface area contributed by atoms with Gasteiger partial charge in [0.15, 0.2) is 0 Å². The largest absolute Gasteiger partial charge is 0.323 e. The molecule has 0 bridgehead atoms. The zero-order chi connectivity index (χ0) is 12.3. The van der Waals surface area contributed by atoms with Gasteiger partial charge in [-0.2, -0.15) is 0 Å². The highest BCUT2D eigenvalue weighted by atomic mass is 32.1. The Kier molecular flexibility index (Phi) is 3.49. The first-order valence-corrected chi connectivity index (χ1v) is 5.80. The van der Waals surface area contributed by atoms with Crippen molar-refractivity contribution in [1.29, 1.82) is 0 Å². The van der Waals surface area contributed by atoms with Crippen LogP contribution in [0.15, 0.2) is 35.7 Å². The lowest BCUT2D eigenvalue weighted by Crippen LogP contribution is -2.14. The molecule has 1 aromatic carbocycles. The lowest BCUT2D eigenvalue weighted by molar-refractivity contribution is -0.115. The highest BCUT2D eigenvalue weighted by Gasteiger charge is 2.09. The van der Waals surface area contributed by atoms with Gasteiger partial charge in [-0.3, -0.25) is 4.79 Å². The molecule has 0 aliphatic heterocycles. The van der Waals surface area contributed by atoms with E-state index in [9.17, 15) is 13.6 Å². The van der Waals surface area contributed by atoms with Gasteiger partial charge in [-0.25, -0.2) is 8.78 Å². The number of nitrogens with one attached hydrogen (secondary N) is 1. The second kappa shape index (κ2) is 5.05. The predicted molar refractivity (Wildman–Crippen MR) is 63.0 cm³/mol. The second-order valence-corrected chi connectivity index (χ2v) is 4.46. The van der Waals surface area contributed by atoms with Crippen LogP contribution in [0.5, 0.6) is 0 Å². The molecular weight excluding hydrogens is 244 g/mol. The summed E-state index contributed by atoms with van der Waals surface area (Å²) in [7, 11) is 0. The molecule has 2 rings (SSSR count). The molecule has 1 aromatic heterocycles. The zero-order valence-electron chi connectivity index (χ0n) is 8.74. The van der Waals surface area contributed by atoms with Crippen LogP contribution in [0.25, 0.3) is 0 Å². The molecule has 17 heavy (non-hydrogen) atoms. The normalized spacial score (nSPS) is 10.2. The van der Waals surface area contributed by atoms with Crippen molar-refractivity contribution in [3.8, 4) is 0 Å². The molecule has 88 valence electrons. The third kappa shape index (κ3) is 3.10. The van der Waals surface area contributed by atoms with Gasteiger partial charge in [0.05, 0.1) is 12.1 Å². The Balaban J connectivity index is 2.05. The minimum absolute atomic E-state index is 0.133. The fourth-order valence-electron chi connectivity index (χ4n) is 1.36. The van der Waals surface area contributed by atoms with E-state index in [0.717, 1.165) is 23.1 Å². The number of carbonyl (C=O) groups excluding carboxylic acids is 1. The Morgan fingerprint density at radius 2 is 2.12 bits per heavy atom. The van der Waals surface area contributed by atoms with Crippen LogP contribution in [-0.2, 0) is 11.2 Å². The minimum atomic E-state index is -0.647. The molecule has 0 atom stereocenters. The van der Waals surface area contributed by atoms with E-state index >= 15 is 0 Å². The smallest absolute Gasteiger partial charge is 0.229 e. The van der Waals surface area contributed by atoms with Crippen molar-refractivity contribution in [2.75, 3.05) is 5.32 Å². The van der Waals surface area contributed by atoms with Crippen LogP contribution in [0.2, 0.25) is 0 Å². The van der Waals surface area contributed by atoms with Crippen molar-refractivity contribution in [2.45, 2.75) is 6.42 Å². The summed E-state index contributed by atoms with van der Waals surface area (Å²) in [6, 6.07) is 6.59. The van der Waals surface area contributed by atoms with Gasteiger partial charge in [-0.1, -0.05) is 6.07 Å². The summed E-state index contributed by atoms with van der Waals surface area (Å²) in [6.07, 6.45) is 0.160. The zero-order valence-corrected chi connectivity index (χ0v) is 9.56. The van der Waals surface area contributed by atoms with E-state index in [0.29, 0.717) is 0 Å². The Bertz CT molecular complexity index is 525. The molecule has 0 aliphatic carbocycles. The third-order valence-corrected chi connectivity index (χ3v) is 2.99. The number of thiophene rings is 1. The monoisotopic (exact) mass is 253 g/mol. The van der Waals surface area contributed by atoms with Crippen LogP contribution in [0.4, 0.5) is 14.5 Å². The lowest BCUT2D eigenvalue weighted by Gasteiger charge is -2.05. The van der Waals surface area contributed by atoms with Crippen LogP contribution in [-0.4, -0.2) is 5.91 Å². The van der Waals surface area contributed by atoms with Gasteiger partial charge in [0, 0.05) is 10.9 Å². The van der Waals surface area contributed by atoms with Crippen molar-refractivity contribution < 1.29 is 13.6 Å². The molecule has 1 heterocycles. The first kappa shape index (κ1) is 11.7. The Morgan fingerprint density at radius 3 is 2.82 bits per heavy atom. The second-order valence-electron chi connectivity index (χ2n) is 3.43. The van der Waals surface area contributed by atoms with Crippen molar-refractivity contribution in [3.05, 3.63) is 52.2 Å². The molecule has 1 N–H and O–H groups in total. The molecule has 1 amide bonds. The molecule has 0 radical (unpaired) electrons. The summed E-state index contributed by atoms with van der Waals surface area (Å²) >= 11 is 1.44. The highest BCUT2D eigenvalue weighted by Crippen LogP contribution is 2.16. The maximum atomic E-state index is 13.2. The number of hydrogen-bond donors (Lipinski definition) is 1. The van der Waals surface area contributed by atoms with Crippen LogP contribution < -0.4 is 5.32 Å². The summed E-state index contributed by atoms with van der Waals surface area (Å²) in [5, 5.41) is 4.19. The number of benzene rings is 1. The highest BCUT2D eigenvalue weighted by molar-refractivity contribution is 7.10. The topological polar surface area (TPSA) is 29.1 Å². The van der Waals surface area contributed by atoms with Crippen molar-refractivity contribution in [1.82, 2.24) is 0 Å². The van der Waals surface area contributed by atoms with E-state index in [2.05, 4.69) is 5.32 Å². The summed E-state index contributed by atoms with van der Waals surface area (Å²) < 4.78 is 26.1. The fourth-order valence-corrected chi connectivity index (χ4v) is 2.06. The number of amides is 1. The molecule has 0 saturated heterocycles. The van der Waals surface area contributed by atoms with Gasteiger partial charge in [0.25, 0.3) is 0 Å². The average molecular weight is 253 g/mol. The van der Waals surface area contributed by atoms with E-state index in [1.54, 1.807) is 0 Å². The molecular formula is C12H9F2NOS. The number of anilines is 1. The number of hydrogen-bond acceptors (Lipinski definition) is 2. The Labute approximate surface area is 101 Å². The molecule has 0 fully saturated rings. The standard InChI is InChI=1S/C12H9F2NOS/c13-8-3-4-10(14)11(6-8)15-12(16)7-9-2-1-5-17-9/h1-6H,7H2,(H,15,16). The van der Waals surface area contributed by atoms with Gasteiger partial charge < -0.3 is 5.32 Å².